The third-order valence-corrected chi connectivity index (χ3v) is 8.31. The lowest BCUT2D eigenvalue weighted by molar-refractivity contribution is 0.00911. The van der Waals surface area contributed by atoms with Crippen LogP contribution in [0.25, 0.3) is 16.6 Å². The van der Waals surface area contributed by atoms with Crippen LogP contribution < -0.4 is 21.6 Å². The normalized spacial score (nSPS) is 16.4. The number of pyridine rings is 1. The number of hydrogen-bond donors (Lipinski definition) is 4. The van der Waals surface area contributed by atoms with E-state index in [0.29, 0.717) is 57.9 Å². The minimum atomic E-state index is -2.50. The topological polar surface area (TPSA) is 119 Å². The Morgan fingerprint density at radius 1 is 1.23 bits per heavy atom. The van der Waals surface area contributed by atoms with Crippen molar-refractivity contribution in [1.82, 2.24) is 35.7 Å². The number of alkyl halides is 2. The number of hydrazine groups is 2. The second-order valence-corrected chi connectivity index (χ2v) is 12.8. The van der Waals surface area contributed by atoms with Crippen LogP contribution in [0.1, 0.15) is 56.3 Å². The molecule has 44 heavy (non-hydrogen) atoms. The molecular weight excluding hydrogens is 586 g/mol. The lowest BCUT2D eigenvalue weighted by Gasteiger charge is -2.25. The molecule has 0 spiro atoms. The van der Waals surface area contributed by atoms with E-state index in [0.717, 1.165) is 16.8 Å². The van der Waals surface area contributed by atoms with Gasteiger partial charge in [-0.05, 0) is 54.5 Å². The predicted molar refractivity (Wildman–Crippen MR) is 166 cm³/mol. The van der Waals surface area contributed by atoms with Crippen molar-refractivity contribution < 1.29 is 8.78 Å². The summed E-state index contributed by atoms with van der Waals surface area (Å²) < 4.78 is 29.7. The van der Waals surface area contributed by atoms with Crippen molar-refractivity contribution in [2.24, 2.45) is 5.41 Å². The zero-order valence-electron chi connectivity index (χ0n) is 24.8. The van der Waals surface area contributed by atoms with E-state index in [1.165, 1.54) is 17.5 Å². The van der Waals surface area contributed by atoms with Crippen molar-refractivity contribution in [2.45, 2.75) is 58.5 Å². The number of anilines is 2. The summed E-state index contributed by atoms with van der Waals surface area (Å²) in [5.74, 6) is 0. The molecule has 0 amide bonds. The number of fused-ring (bicyclic) bond motifs is 1. The molecule has 0 saturated heterocycles. The quantitative estimate of drug-likeness (QED) is 0.173. The lowest BCUT2D eigenvalue weighted by Crippen LogP contribution is -2.48. The summed E-state index contributed by atoms with van der Waals surface area (Å²) in [6.07, 6.45) is 4.60. The molecule has 0 radical (unpaired) electrons. The highest BCUT2D eigenvalue weighted by molar-refractivity contribution is 6.35. The zero-order valence-corrected chi connectivity index (χ0v) is 25.5. The highest BCUT2D eigenvalue weighted by Gasteiger charge is 2.56. The number of aromatic nitrogens is 4. The Balaban J connectivity index is 1.45. The van der Waals surface area contributed by atoms with Gasteiger partial charge in [0.25, 0.3) is 6.43 Å². The van der Waals surface area contributed by atoms with Crippen LogP contribution in [0.15, 0.2) is 61.1 Å². The second kappa shape index (κ2) is 11.2. The van der Waals surface area contributed by atoms with Crippen molar-refractivity contribution in [1.29, 1.82) is 5.26 Å². The molecule has 1 aliphatic heterocycles. The predicted octanol–water partition coefficient (Wildman–Crippen LogP) is 6.22. The van der Waals surface area contributed by atoms with Gasteiger partial charge in [-0.1, -0.05) is 44.5 Å². The highest BCUT2D eigenvalue weighted by Crippen LogP contribution is 2.47. The molecule has 2 aliphatic rings. The maximum atomic E-state index is 14.0. The number of rotatable bonds is 9. The summed E-state index contributed by atoms with van der Waals surface area (Å²) in [7, 11) is 0. The zero-order chi connectivity index (χ0) is 31.2. The summed E-state index contributed by atoms with van der Waals surface area (Å²) in [4.78, 5) is 8.56. The smallest absolute Gasteiger partial charge is 0.262 e. The largest absolute Gasteiger partial charge is 0.383 e. The summed E-state index contributed by atoms with van der Waals surface area (Å²) >= 11 is 6.79. The molecule has 1 fully saturated rings. The van der Waals surface area contributed by atoms with Gasteiger partial charge in [-0.25, -0.2) is 18.4 Å². The van der Waals surface area contributed by atoms with E-state index in [-0.39, 0.29) is 5.41 Å². The minimum absolute atomic E-state index is 0.0453. The van der Waals surface area contributed by atoms with Crippen LogP contribution in [-0.2, 0) is 0 Å². The Kier molecular flexibility index (Phi) is 7.55. The molecule has 1 saturated carbocycles. The number of nitrogens with one attached hydrogen (secondary N) is 4. The third-order valence-electron chi connectivity index (χ3n) is 8.02. The first-order valence-electron chi connectivity index (χ1n) is 14.3. The van der Waals surface area contributed by atoms with Gasteiger partial charge in [0.2, 0.25) is 0 Å². The number of benzene rings is 2. The fraction of sp³-hybridized carbons (Fsp3) is 0.355. The summed E-state index contributed by atoms with van der Waals surface area (Å²) in [6.45, 7) is 8.92. The molecule has 4 aromatic rings. The van der Waals surface area contributed by atoms with Crippen LogP contribution in [0.4, 0.5) is 20.2 Å². The Labute approximate surface area is 259 Å². The SMILES string of the molecule is Cc1c([C@H](Nc2cc(Cl)c3ncc(C#N)c(NCC(C)(C)C)c3c2)C2=CN(C3(C(F)F)CC3)NN2)cccc1-n1cncn1. The van der Waals surface area contributed by atoms with Gasteiger partial charge in [0.05, 0.1) is 39.2 Å². The Hall–Kier alpha value is -4.47. The molecule has 10 nitrogen and oxygen atoms in total. The van der Waals surface area contributed by atoms with Crippen molar-refractivity contribution >= 4 is 33.9 Å². The Morgan fingerprint density at radius 3 is 2.68 bits per heavy atom. The van der Waals surface area contributed by atoms with Crippen LogP contribution in [-0.4, -0.2) is 43.3 Å². The number of nitriles is 1. The maximum absolute atomic E-state index is 14.0. The van der Waals surface area contributed by atoms with Crippen LogP contribution in [0.2, 0.25) is 5.02 Å². The third kappa shape index (κ3) is 5.49. The van der Waals surface area contributed by atoms with E-state index in [4.69, 9.17) is 11.6 Å². The van der Waals surface area contributed by atoms with Gasteiger partial charge < -0.3 is 16.1 Å². The molecule has 228 valence electrons. The molecule has 2 aromatic heterocycles. The van der Waals surface area contributed by atoms with E-state index >= 15 is 0 Å². The highest BCUT2D eigenvalue weighted by atomic mass is 35.5. The van der Waals surface area contributed by atoms with Crippen molar-refractivity contribution in [2.75, 3.05) is 17.2 Å². The van der Waals surface area contributed by atoms with E-state index in [1.54, 1.807) is 23.3 Å². The first-order chi connectivity index (χ1) is 21.0. The first kappa shape index (κ1) is 29.6. The molecule has 13 heteroatoms. The molecule has 1 atom stereocenters. The van der Waals surface area contributed by atoms with Crippen molar-refractivity contribution in [3.8, 4) is 11.8 Å². The van der Waals surface area contributed by atoms with Gasteiger partial charge in [0.1, 0.15) is 24.3 Å². The fourth-order valence-corrected chi connectivity index (χ4v) is 5.67. The van der Waals surface area contributed by atoms with Gasteiger partial charge in [0.15, 0.2) is 0 Å². The lowest BCUT2D eigenvalue weighted by atomic mass is 9.96. The molecule has 2 aromatic carbocycles. The van der Waals surface area contributed by atoms with Crippen LogP contribution >= 0.6 is 11.6 Å². The van der Waals surface area contributed by atoms with Crippen LogP contribution in [0.5, 0.6) is 0 Å². The second-order valence-electron chi connectivity index (χ2n) is 12.4. The van der Waals surface area contributed by atoms with E-state index in [2.05, 4.69) is 63.5 Å². The molecule has 0 bridgehead atoms. The van der Waals surface area contributed by atoms with Gasteiger partial charge in [-0.3, -0.25) is 9.99 Å². The fourth-order valence-electron chi connectivity index (χ4n) is 5.40. The van der Waals surface area contributed by atoms with Gasteiger partial charge in [0, 0.05) is 30.0 Å². The number of hydrogen-bond acceptors (Lipinski definition) is 9. The van der Waals surface area contributed by atoms with Gasteiger partial charge in [-0.2, -0.15) is 10.4 Å². The van der Waals surface area contributed by atoms with E-state index in [1.807, 2.05) is 31.2 Å². The molecule has 1 aliphatic carbocycles. The van der Waals surface area contributed by atoms with Crippen molar-refractivity contribution in [3.05, 3.63) is 82.8 Å². The van der Waals surface area contributed by atoms with Crippen molar-refractivity contribution in [3.63, 3.8) is 0 Å². The average molecular weight is 619 g/mol. The summed E-state index contributed by atoms with van der Waals surface area (Å²) in [6, 6.07) is 11.2. The number of halogens is 3. The average Bonchev–Trinajstić information content (AvgIpc) is 3.36. The van der Waals surface area contributed by atoms with Crippen LogP contribution in [0, 0.1) is 23.7 Å². The van der Waals surface area contributed by atoms with Crippen LogP contribution in [0.3, 0.4) is 0 Å². The monoisotopic (exact) mass is 618 g/mol. The Bertz CT molecular complexity index is 1770. The van der Waals surface area contributed by atoms with Gasteiger partial charge in [-0.15, -0.1) is 5.53 Å². The van der Waals surface area contributed by atoms with Gasteiger partial charge >= 0.3 is 0 Å². The molecule has 4 N–H and O–H groups in total. The Morgan fingerprint density at radius 2 is 2.02 bits per heavy atom. The van der Waals surface area contributed by atoms with E-state index in [9.17, 15) is 14.0 Å². The summed E-state index contributed by atoms with van der Waals surface area (Å²) in [5.41, 5.74) is 10.3. The molecular formula is C31H33ClF2N10. The molecule has 6 rings (SSSR count). The molecule has 3 heterocycles. The minimum Gasteiger partial charge on any atom is -0.383 e. The maximum Gasteiger partial charge on any atom is 0.262 e. The standard InChI is InChI=1S/C31H33ClF2N10/c1-18-21(6-5-7-25(18)43-17-36-16-39-43)28(24-14-44(42-41-24)31(8-9-31)29(33)34)40-20-10-22-26(38-15-30(2,3)4)19(12-35)13-37-27(22)23(32)11-20/h5-7,10-11,13-14,16-17,28-29,40-42H,8-9,15H2,1-4H3,(H,37,38)/t28-/m0/s1. The number of nitrogens with zero attached hydrogens (tertiary/aromatic N) is 6. The van der Waals surface area contributed by atoms with E-state index < -0.39 is 18.0 Å². The summed E-state index contributed by atoms with van der Waals surface area (Å²) in [5, 5.41) is 23.8. The first-order valence-corrected chi connectivity index (χ1v) is 14.7. The molecule has 0 unspecified atom stereocenters.